The molecule has 3 rings (SSSR count). The van der Waals surface area contributed by atoms with E-state index in [1.165, 1.54) is 24.3 Å². The van der Waals surface area contributed by atoms with E-state index in [9.17, 15) is 19.1 Å². The lowest BCUT2D eigenvalue weighted by molar-refractivity contribution is -0.152. The number of carbonyl (C=O) groups excluding carboxylic acids is 1. The zero-order valence-corrected chi connectivity index (χ0v) is 12.4. The number of hydrogen-bond donors (Lipinski definition) is 1. The van der Waals surface area contributed by atoms with E-state index in [0.29, 0.717) is 37.3 Å². The molecule has 1 saturated carbocycles. The van der Waals surface area contributed by atoms with Crippen molar-refractivity contribution in [1.82, 2.24) is 4.90 Å². The number of amides is 1. The number of rotatable bonds is 4. The molecule has 1 N–H and O–H groups in total. The average Bonchev–Trinajstić information content (AvgIpc) is 3.31. The number of benzene rings is 1. The number of piperidine rings is 1. The summed E-state index contributed by atoms with van der Waals surface area (Å²) in [7, 11) is 0. The van der Waals surface area contributed by atoms with Gasteiger partial charge in [-0.1, -0.05) is 12.8 Å². The van der Waals surface area contributed by atoms with Crippen LogP contribution >= 0.6 is 0 Å². The summed E-state index contributed by atoms with van der Waals surface area (Å²) >= 11 is 0. The summed E-state index contributed by atoms with van der Waals surface area (Å²) < 4.78 is 13.0. The second-order valence-electron chi connectivity index (χ2n) is 6.57. The smallest absolute Gasteiger partial charge is 0.311 e. The van der Waals surface area contributed by atoms with Crippen LogP contribution in [-0.4, -0.2) is 35.0 Å². The minimum atomic E-state index is -0.810. The summed E-state index contributed by atoms with van der Waals surface area (Å²) in [5, 5.41) is 9.68. The van der Waals surface area contributed by atoms with Crippen LogP contribution in [0.1, 0.15) is 42.5 Å². The van der Waals surface area contributed by atoms with Crippen LogP contribution in [0.3, 0.4) is 0 Å². The fourth-order valence-electron chi connectivity index (χ4n) is 3.38. The molecule has 1 atom stereocenters. The van der Waals surface area contributed by atoms with Crippen molar-refractivity contribution in [3.05, 3.63) is 35.6 Å². The van der Waals surface area contributed by atoms with Gasteiger partial charge in [0.1, 0.15) is 5.82 Å². The third-order valence-corrected chi connectivity index (χ3v) is 4.79. The minimum absolute atomic E-state index is 0.207. The Morgan fingerprint density at radius 1 is 1.27 bits per heavy atom. The SMILES string of the molecule is O=C(c1ccc(F)cc1)N1CCC[C@](CC2CC2)(C(=O)O)C1. The maximum atomic E-state index is 13.0. The molecule has 1 aliphatic carbocycles. The Hall–Kier alpha value is -1.91. The van der Waals surface area contributed by atoms with Crippen molar-refractivity contribution >= 4 is 11.9 Å². The Kier molecular flexibility index (Phi) is 3.89. The van der Waals surface area contributed by atoms with E-state index in [0.717, 1.165) is 12.8 Å². The van der Waals surface area contributed by atoms with Gasteiger partial charge in [0.05, 0.1) is 5.41 Å². The Labute approximate surface area is 128 Å². The lowest BCUT2D eigenvalue weighted by Crippen LogP contribution is -2.50. The summed E-state index contributed by atoms with van der Waals surface area (Å²) in [5.41, 5.74) is -0.399. The van der Waals surface area contributed by atoms with Gasteiger partial charge >= 0.3 is 5.97 Å². The van der Waals surface area contributed by atoms with Gasteiger partial charge in [-0.15, -0.1) is 0 Å². The molecule has 1 heterocycles. The highest BCUT2D eigenvalue weighted by Gasteiger charge is 2.46. The summed E-state index contributed by atoms with van der Waals surface area (Å²) in [4.78, 5) is 26.0. The molecule has 1 amide bonds. The fourth-order valence-corrected chi connectivity index (χ4v) is 3.38. The van der Waals surface area contributed by atoms with Crippen LogP contribution in [0.25, 0.3) is 0 Å². The topological polar surface area (TPSA) is 57.6 Å². The van der Waals surface area contributed by atoms with E-state index in [1.54, 1.807) is 4.90 Å². The van der Waals surface area contributed by atoms with Crippen molar-refractivity contribution in [3.63, 3.8) is 0 Å². The van der Waals surface area contributed by atoms with Crippen LogP contribution < -0.4 is 0 Å². The first-order chi connectivity index (χ1) is 10.5. The zero-order valence-electron chi connectivity index (χ0n) is 12.4. The van der Waals surface area contributed by atoms with Crippen LogP contribution in [0.15, 0.2) is 24.3 Å². The molecule has 2 aliphatic rings. The van der Waals surface area contributed by atoms with E-state index in [1.807, 2.05) is 0 Å². The molecule has 0 bridgehead atoms. The molecule has 4 nitrogen and oxygen atoms in total. The van der Waals surface area contributed by atoms with Crippen molar-refractivity contribution in [2.24, 2.45) is 11.3 Å². The molecule has 0 radical (unpaired) electrons. The fraction of sp³-hybridized carbons (Fsp3) is 0.529. The van der Waals surface area contributed by atoms with Gasteiger partial charge in [-0.05, 0) is 49.4 Å². The summed E-state index contributed by atoms with van der Waals surface area (Å²) in [5.74, 6) is -0.891. The van der Waals surface area contributed by atoms with Crippen LogP contribution in [-0.2, 0) is 4.79 Å². The first kappa shape index (κ1) is 15.0. The van der Waals surface area contributed by atoms with Gasteiger partial charge in [0.25, 0.3) is 5.91 Å². The highest BCUT2D eigenvalue weighted by Crippen LogP contribution is 2.45. The van der Waals surface area contributed by atoms with E-state index in [4.69, 9.17) is 0 Å². The molecule has 1 aromatic rings. The van der Waals surface area contributed by atoms with Crippen molar-refractivity contribution in [2.45, 2.75) is 32.1 Å². The van der Waals surface area contributed by atoms with Gasteiger partial charge in [-0.3, -0.25) is 9.59 Å². The zero-order chi connectivity index (χ0) is 15.7. The van der Waals surface area contributed by atoms with E-state index < -0.39 is 11.4 Å². The maximum absolute atomic E-state index is 13.0. The number of carbonyl (C=O) groups is 2. The van der Waals surface area contributed by atoms with Gasteiger partial charge in [-0.2, -0.15) is 0 Å². The highest BCUT2D eigenvalue weighted by molar-refractivity contribution is 5.94. The molecular formula is C17H20FNO3. The molecule has 118 valence electrons. The number of halogens is 1. The van der Waals surface area contributed by atoms with Crippen molar-refractivity contribution in [3.8, 4) is 0 Å². The van der Waals surface area contributed by atoms with Crippen LogP contribution in [0.5, 0.6) is 0 Å². The number of nitrogens with zero attached hydrogens (tertiary/aromatic N) is 1. The number of aliphatic carboxylic acids is 1. The van der Waals surface area contributed by atoms with E-state index >= 15 is 0 Å². The highest BCUT2D eigenvalue weighted by atomic mass is 19.1. The maximum Gasteiger partial charge on any atom is 0.311 e. The molecule has 22 heavy (non-hydrogen) atoms. The second kappa shape index (κ2) is 5.71. The molecule has 1 aliphatic heterocycles. The standard InChI is InChI=1S/C17H20FNO3/c18-14-6-4-13(5-7-14)15(20)19-9-1-8-17(11-19,16(21)22)10-12-2-3-12/h4-7,12H,1-3,8-11H2,(H,21,22)/t17-/m1/s1. The second-order valence-corrected chi connectivity index (χ2v) is 6.57. The number of carboxylic acid groups (broad SMARTS) is 1. The van der Waals surface area contributed by atoms with Gasteiger partial charge < -0.3 is 10.0 Å². The van der Waals surface area contributed by atoms with E-state index in [-0.39, 0.29) is 18.3 Å². The van der Waals surface area contributed by atoms with Gasteiger partial charge in [0.2, 0.25) is 0 Å². The van der Waals surface area contributed by atoms with E-state index in [2.05, 4.69) is 0 Å². The molecule has 1 aromatic carbocycles. The van der Waals surface area contributed by atoms with Crippen molar-refractivity contribution in [2.75, 3.05) is 13.1 Å². The monoisotopic (exact) mass is 305 g/mol. The van der Waals surface area contributed by atoms with Crippen molar-refractivity contribution in [1.29, 1.82) is 0 Å². The van der Waals surface area contributed by atoms with Gasteiger partial charge in [0, 0.05) is 18.7 Å². The predicted octanol–water partition coefficient (Wildman–Crippen LogP) is 2.93. The predicted molar refractivity (Wildman–Crippen MR) is 78.9 cm³/mol. The van der Waals surface area contributed by atoms with Crippen LogP contribution in [0.4, 0.5) is 4.39 Å². The molecule has 5 heteroatoms. The largest absolute Gasteiger partial charge is 0.481 e. The van der Waals surface area contributed by atoms with Crippen LogP contribution in [0, 0.1) is 17.2 Å². The Morgan fingerprint density at radius 3 is 2.55 bits per heavy atom. The minimum Gasteiger partial charge on any atom is -0.481 e. The Bertz CT molecular complexity index is 582. The molecule has 1 saturated heterocycles. The van der Waals surface area contributed by atoms with Gasteiger partial charge in [-0.25, -0.2) is 4.39 Å². The molecule has 0 spiro atoms. The lowest BCUT2D eigenvalue weighted by atomic mass is 9.75. The number of likely N-dealkylation sites (tertiary alicyclic amines) is 1. The molecular weight excluding hydrogens is 285 g/mol. The first-order valence-corrected chi connectivity index (χ1v) is 7.78. The Morgan fingerprint density at radius 2 is 1.95 bits per heavy atom. The first-order valence-electron chi connectivity index (χ1n) is 7.78. The molecule has 2 fully saturated rings. The van der Waals surface area contributed by atoms with Crippen molar-refractivity contribution < 1.29 is 19.1 Å². The molecule has 0 aromatic heterocycles. The third kappa shape index (κ3) is 2.98. The number of carboxylic acids is 1. The van der Waals surface area contributed by atoms with Gasteiger partial charge in [0.15, 0.2) is 0 Å². The summed E-state index contributed by atoms with van der Waals surface area (Å²) in [6.45, 7) is 0.824. The normalized spacial score (nSPS) is 25.0. The van der Waals surface area contributed by atoms with Crippen LogP contribution in [0.2, 0.25) is 0 Å². The summed E-state index contributed by atoms with van der Waals surface area (Å²) in [6, 6.07) is 5.42. The molecule has 0 unspecified atom stereocenters. The Balaban J connectivity index is 1.77. The third-order valence-electron chi connectivity index (χ3n) is 4.79. The quantitative estimate of drug-likeness (QED) is 0.930. The summed E-state index contributed by atoms with van der Waals surface area (Å²) in [6.07, 6.45) is 4.19. The number of hydrogen-bond acceptors (Lipinski definition) is 2. The lowest BCUT2D eigenvalue weighted by Gasteiger charge is -2.40. The average molecular weight is 305 g/mol.